The molecule has 1 saturated heterocycles. The summed E-state index contributed by atoms with van der Waals surface area (Å²) in [6.07, 6.45) is -7.63. The number of sulfone groups is 1. The summed E-state index contributed by atoms with van der Waals surface area (Å²) in [4.78, 5) is 18.4. The average Bonchev–Trinajstić information content (AvgIpc) is 2.93. The standard InChI is InChI=1S/C28H26F6N2O5S/c1-2-24(42(38,39)21-7-5-6-19(16-21)27(29,30)31)18-11-14-36(15-12-18)26(37)22-10-9-20(41-28(32,33)34)17-23(22)40-25-8-3-4-13-35-25/h3-10,13,16-18,24H,2,11-12,14-15H2,1H3. The number of aromatic nitrogens is 1. The molecule has 42 heavy (non-hydrogen) atoms. The number of likely N-dealkylation sites (tertiary alicyclic amines) is 1. The van der Waals surface area contributed by atoms with E-state index in [9.17, 15) is 39.6 Å². The van der Waals surface area contributed by atoms with Crippen LogP contribution in [0, 0.1) is 5.92 Å². The van der Waals surface area contributed by atoms with E-state index in [0.717, 1.165) is 36.4 Å². The van der Waals surface area contributed by atoms with Crippen molar-refractivity contribution in [3.63, 3.8) is 0 Å². The molecule has 0 aliphatic carbocycles. The molecule has 7 nitrogen and oxygen atoms in total. The van der Waals surface area contributed by atoms with Gasteiger partial charge in [0.25, 0.3) is 5.91 Å². The van der Waals surface area contributed by atoms with E-state index in [2.05, 4.69) is 9.72 Å². The minimum Gasteiger partial charge on any atom is -0.438 e. The number of hydrogen-bond acceptors (Lipinski definition) is 6. The molecule has 1 aromatic heterocycles. The van der Waals surface area contributed by atoms with Crippen molar-refractivity contribution >= 4 is 15.7 Å². The van der Waals surface area contributed by atoms with Crippen molar-refractivity contribution < 1.29 is 49.0 Å². The van der Waals surface area contributed by atoms with E-state index in [0.29, 0.717) is 6.07 Å². The summed E-state index contributed by atoms with van der Waals surface area (Å²) in [6, 6.07) is 11.3. The van der Waals surface area contributed by atoms with Gasteiger partial charge in [-0.25, -0.2) is 13.4 Å². The Balaban J connectivity index is 1.52. The molecule has 1 amide bonds. The van der Waals surface area contributed by atoms with E-state index < -0.39 is 55.7 Å². The molecule has 0 spiro atoms. The second-order valence-electron chi connectivity index (χ2n) is 9.62. The summed E-state index contributed by atoms with van der Waals surface area (Å²) < 4.78 is 114. The summed E-state index contributed by atoms with van der Waals surface area (Å²) in [5, 5.41) is -0.972. The molecular weight excluding hydrogens is 590 g/mol. The molecule has 0 saturated carbocycles. The number of halogens is 6. The molecule has 2 aromatic carbocycles. The van der Waals surface area contributed by atoms with Gasteiger partial charge in [-0.2, -0.15) is 13.2 Å². The van der Waals surface area contributed by atoms with Crippen molar-refractivity contribution in [2.75, 3.05) is 13.1 Å². The van der Waals surface area contributed by atoms with Gasteiger partial charge in [0, 0.05) is 31.4 Å². The average molecular weight is 617 g/mol. The molecule has 4 rings (SSSR count). The lowest BCUT2D eigenvalue weighted by molar-refractivity contribution is -0.274. The molecule has 1 fully saturated rings. The fourth-order valence-corrected chi connectivity index (χ4v) is 7.08. The van der Waals surface area contributed by atoms with Gasteiger partial charge in [-0.15, -0.1) is 13.2 Å². The minimum atomic E-state index is -4.97. The minimum absolute atomic E-state index is 0.0278. The number of piperidine rings is 1. The predicted octanol–water partition coefficient (Wildman–Crippen LogP) is 6.90. The number of ether oxygens (including phenoxy) is 2. The van der Waals surface area contributed by atoms with Gasteiger partial charge in [-0.05, 0) is 61.6 Å². The molecule has 1 unspecified atom stereocenters. The van der Waals surface area contributed by atoms with Crippen LogP contribution in [0.1, 0.15) is 42.1 Å². The number of carbonyl (C=O) groups excluding carboxylic acids is 1. The number of amides is 1. The zero-order valence-corrected chi connectivity index (χ0v) is 23.0. The van der Waals surface area contributed by atoms with Crippen molar-refractivity contribution in [2.24, 2.45) is 5.92 Å². The second kappa shape index (κ2) is 12.2. The molecule has 0 bridgehead atoms. The van der Waals surface area contributed by atoms with Gasteiger partial charge in [0.1, 0.15) is 11.5 Å². The smallest absolute Gasteiger partial charge is 0.438 e. The van der Waals surface area contributed by atoms with Crippen LogP contribution in [0.15, 0.2) is 71.8 Å². The van der Waals surface area contributed by atoms with Crippen LogP contribution in [0.4, 0.5) is 26.3 Å². The molecule has 226 valence electrons. The van der Waals surface area contributed by atoms with Crippen LogP contribution in [0.3, 0.4) is 0 Å². The predicted molar refractivity (Wildman–Crippen MR) is 139 cm³/mol. The van der Waals surface area contributed by atoms with Crippen LogP contribution in [0.25, 0.3) is 0 Å². The third kappa shape index (κ3) is 7.33. The Morgan fingerprint density at radius 3 is 2.31 bits per heavy atom. The molecular formula is C28H26F6N2O5S. The molecule has 0 N–H and O–H groups in total. The van der Waals surface area contributed by atoms with Crippen molar-refractivity contribution in [3.05, 3.63) is 78.0 Å². The Morgan fingerprint density at radius 2 is 1.71 bits per heavy atom. The van der Waals surface area contributed by atoms with Crippen LogP contribution in [0.5, 0.6) is 17.4 Å². The summed E-state index contributed by atoms with van der Waals surface area (Å²) in [5.74, 6) is -1.80. The van der Waals surface area contributed by atoms with Crippen LogP contribution in [-0.2, 0) is 16.0 Å². The van der Waals surface area contributed by atoms with Gasteiger partial charge in [-0.3, -0.25) is 4.79 Å². The van der Waals surface area contributed by atoms with Crippen molar-refractivity contribution in [1.29, 1.82) is 0 Å². The first-order valence-corrected chi connectivity index (χ1v) is 14.4. The Hall–Kier alpha value is -3.81. The lowest BCUT2D eigenvalue weighted by Gasteiger charge is -2.36. The van der Waals surface area contributed by atoms with E-state index in [1.165, 1.54) is 17.2 Å². The number of hydrogen-bond donors (Lipinski definition) is 0. The molecule has 1 aliphatic rings. The number of rotatable bonds is 8. The fraction of sp³-hybridized carbons (Fsp3) is 0.357. The summed E-state index contributed by atoms with van der Waals surface area (Å²) in [5.41, 5.74) is -1.12. The summed E-state index contributed by atoms with van der Waals surface area (Å²) in [7, 11) is -4.12. The normalized spacial score (nSPS) is 15.7. The van der Waals surface area contributed by atoms with Gasteiger partial charge in [0.15, 0.2) is 9.84 Å². The van der Waals surface area contributed by atoms with E-state index in [4.69, 9.17) is 4.74 Å². The maximum Gasteiger partial charge on any atom is 0.573 e. The largest absolute Gasteiger partial charge is 0.573 e. The third-order valence-electron chi connectivity index (χ3n) is 6.91. The number of benzene rings is 2. The third-order valence-corrected chi connectivity index (χ3v) is 9.34. The highest BCUT2D eigenvalue weighted by Gasteiger charge is 2.38. The van der Waals surface area contributed by atoms with E-state index in [1.807, 2.05) is 0 Å². The zero-order chi connectivity index (χ0) is 30.7. The highest BCUT2D eigenvalue weighted by atomic mass is 32.2. The van der Waals surface area contributed by atoms with Gasteiger partial charge < -0.3 is 14.4 Å². The molecule has 0 radical (unpaired) electrons. The Kier molecular flexibility index (Phi) is 9.04. The monoisotopic (exact) mass is 616 g/mol. The van der Waals surface area contributed by atoms with E-state index in [-0.39, 0.29) is 49.5 Å². The van der Waals surface area contributed by atoms with Crippen molar-refractivity contribution in [1.82, 2.24) is 9.88 Å². The van der Waals surface area contributed by atoms with Gasteiger partial charge in [-0.1, -0.05) is 19.1 Å². The molecule has 1 aliphatic heterocycles. The molecule has 3 aromatic rings. The number of carbonyl (C=O) groups is 1. The van der Waals surface area contributed by atoms with Crippen LogP contribution in [0.2, 0.25) is 0 Å². The maximum atomic E-state index is 13.4. The highest BCUT2D eigenvalue weighted by Crippen LogP contribution is 2.36. The van der Waals surface area contributed by atoms with E-state index >= 15 is 0 Å². The maximum absolute atomic E-state index is 13.4. The quantitative estimate of drug-likeness (QED) is 0.256. The lowest BCUT2D eigenvalue weighted by atomic mass is 9.91. The van der Waals surface area contributed by atoms with Crippen LogP contribution in [-0.4, -0.2) is 48.9 Å². The summed E-state index contributed by atoms with van der Waals surface area (Å²) >= 11 is 0. The van der Waals surface area contributed by atoms with Gasteiger partial charge in [0.05, 0.1) is 21.3 Å². The Morgan fingerprint density at radius 1 is 1.00 bits per heavy atom. The van der Waals surface area contributed by atoms with E-state index in [1.54, 1.807) is 19.1 Å². The molecule has 1 atom stereocenters. The lowest BCUT2D eigenvalue weighted by Crippen LogP contribution is -2.43. The van der Waals surface area contributed by atoms with Crippen molar-refractivity contribution in [2.45, 2.75) is 48.9 Å². The van der Waals surface area contributed by atoms with Crippen molar-refractivity contribution in [3.8, 4) is 17.4 Å². The first kappa shape index (κ1) is 31.1. The number of alkyl halides is 6. The first-order valence-electron chi connectivity index (χ1n) is 12.9. The van der Waals surface area contributed by atoms with Gasteiger partial charge in [0.2, 0.25) is 5.88 Å². The Labute approximate surface area is 238 Å². The van der Waals surface area contributed by atoms with Gasteiger partial charge >= 0.3 is 12.5 Å². The van der Waals surface area contributed by atoms with Crippen LogP contribution < -0.4 is 9.47 Å². The highest BCUT2D eigenvalue weighted by molar-refractivity contribution is 7.92. The summed E-state index contributed by atoms with van der Waals surface area (Å²) in [6.45, 7) is 1.86. The second-order valence-corrected chi connectivity index (χ2v) is 11.8. The number of nitrogens with zero attached hydrogens (tertiary/aromatic N) is 2. The topological polar surface area (TPSA) is 85.8 Å². The fourth-order valence-electron chi connectivity index (χ4n) is 4.96. The van der Waals surface area contributed by atoms with Crippen LogP contribution >= 0.6 is 0 Å². The SMILES string of the molecule is CCC(C1CCN(C(=O)c2ccc(OC(F)(F)F)cc2Oc2ccccn2)CC1)S(=O)(=O)c1cccc(C(F)(F)F)c1. The Bertz CT molecular complexity index is 1510. The molecule has 2 heterocycles. The number of pyridine rings is 1. The first-order chi connectivity index (χ1) is 19.7. The molecule has 14 heteroatoms. The zero-order valence-electron chi connectivity index (χ0n) is 22.2.